The molecule has 8 heteroatoms. The van der Waals surface area contributed by atoms with Gasteiger partial charge in [-0.1, -0.05) is 35.9 Å². The van der Waals surface area contributed by atoms with Crippen LogP contribution in [0.25, 0.3) is 0 Å². The topological polar surface area (TPSA) is 66.5 Å². The van der Waals surface area contributed by atoms with E-state index in [1.807, 2.05) is 0 Å². The van der Waals surface area contributed by atoms with Crippen molar-refractivity contribution in [3.63, 3.8) is 0 Å². The fourth-order valence-corrected chi connectivity index (χ4v) is 3.18. The molecule has 2 rings (SSSR count). The minimum atomic E-state index is -3.59. The molecule has 25 heavy (non-hydrogen) atoms. The number of hydrogen-bond donors (Lipinski definition) is 1. The molecule has 0 saturated carbocycles. The fraction of sp³-hybridized carbons (Fsp3) is 0.235. The summed E-state index contributed by atoms with van der Waals surface area (Å²) < 4.78 is 38.7. The summed E-state index contributed by atoms with van der Waals surface area (Å²) in [6, 6.07) is 12.6. The van der Waals surface area contributed by atoms with Crippen LogP contribution < -0.4 is 5.32 Å². The van der Waals surface area contributed by atoms with Crippen molar-refractivity contribution in [3.8, 4) is 0 Å². The molecule has 0 unspecified atom stereocenters. The first-order chi connectivity index (χ1) is 11.8. The number of benzene rings is 2. The quantitative estimate of drug-likeness (QED) is 0.796. The Kier molecular flexibility index (Phi) is 6.52. The minimum Gasteiger partial charge on any atom is -0.326 e. The molecular weight excluding hydrogens is 367 g/mol. The van der Waals surface area contributed by atoms with Crippen molar-refractivity contribution in [3.05, 3.63) is 64.9 Å². The van der Waals surface area contributed by atoms with Gasteiger partial charge in [0.1, 0.15) is 5.82 Å². The highest BCUT2D eigenvalue weighted by Gasteiger charge is 2.19. The predicted octanol–water partition coefficient (Wildman–Crippen LogP) is 3.27. The van der Waals surface area contributed by atoms with E-state index in [1.54, 1.807) is 30.3 Å². The molecule has 0 aliphatic heterocycles. The van der Waals surface area contributed by atoms with Crippen LogP contribution in [0.5, 0.6) is 0 Å². The van der Waals surface area contributed by atoms with E-state index in [0.29, 0.717) is 10.7 Å². The van der Waals surface area contributed by atoms with E-state index in [2.05, 4.69) is 5.32 Å². The molecule has 0 spiro atoms. The molecule has 0 radical (unpaired) electrons. The van der Waals surface area contributed by atoms with Crippen LogP contribution in [0.15, 0.2) is 48.5 Å². The Morgan fingerprint density at radius 1 is 1.20 bits per heavy atom. The summed E-state index contributed by atoms with van der Waals surface area (Å²) in [6.07, 6.45) is 0.969. The van der Waals surface area contributed by atoms with Crippen LogP contribution in [0.4, 0.5) is 10.1 Å². The van der Waals surface area contributed by atoms with Crippen molar-refractivity contribution in [2.45, 2.75) is 13.0 Å². The maximum atomic E-state index is 13.7. The van der Waals surface area contributed by atoms with Crippen LogP contribution in [-0.4, -0.2) is 31.4 Å². The molecule has 0 aliphatic carbocycles. The average molecular weight is 385 g/mol. The van der Waals surface area contributed by atoms with E-state index < -0.39 is 15.8 Å². The van der Waals surface area contributed by atoms with E-state index >= 15 is 0 Å². The van der Waals surface area contributed by atoms with Gasteiger partial charge in [-0.2, -0.15) is 4.31 Å². The average Bonchev–Trinajstić information content (AvgIpc) is 2.52. The summed E-state index contributed by atoms with van der Waals surface area (Å²) in [5.41, 5.74) is 0.778. The zero-order valence-electron chi connectivity index (χ0n) is 13.6. The van der Waals surface area contributed by atoms with Crippen LogP contribution in [0.2, 0.25) is 5.02 Å². The second-order valence-corrected chi connectivity index (χ2v) is 7.92. The lowest BCUT2D eigenvalue weighted by molar-refractivity contribution is -0.116. The Bertz CT molecular complexity index is 858. The van der Waals surface area contributed by atoms with Crippen molar-refractivity contribution in [1.29, 1.82) is 0 Å². The van der Waals surface area contributed by atoms with Gasteiger partial charge in [-0.3, -0.25) is 4.79 Å². The molecule has 0 saturated heterocycles. The molecule has 134 valence electrons. The van der Waals surface area contributed by atoms with Crippen molar-refractivity contribution in [1.82, 2.24) is 4.31 Å². The van der Waals surface area contributed by atoms with Gasteiger partial charge in [0.2, 0.25) is 15.9 Å². The highest BCUT2D eigenvalue weighted by molar-refractivity contribution is 7.88. The van der Waals surface area contributed by atoms with E-state index in [1.165, 1.54) is 18.2 Å². The highest BCUT2D eigenvalue weighted by atomic mass is 35.5. The summed E-state index contributed by atoms with van der Waals surface area (Å²) in [5, 5.41) is 3.13. The second-order valence-electron chi connectivity index (χ2n) is 5.50. The lowest BCUT2D eigenvalue weighted by atomic mass is 10.2. The molecule has 2 aromatic rings. The van der Waals surface area contributed by atoms with Gasteiger partial charge in [0, 0.05) is 35.8 Å². The summed E-state index contributed by atoms with van der Waals surface area (Å²) in [7, 11) is -3.59. The van der Waals surface area contributed by atoms with Gasteiger partial charge >= 0.3 is 0 Å². The third kappa shape index (κ3) is 6.12. The number of anilines is 1. The van der Waals surface area contributed by atoms with Crippen LogP contribution in [0.1, 0.15) is 12.0 Å². The fourth-order valence-electron chi connectivity index (χ4n) is 2.19. The molecule has 5 nitrogen and oxygen atoms in total. The third-order valence-electron chi connectivity index (χ3n) is 3.47. The molecule has 2 aromatic carbocycles. The number of rotatable bonds is 7. The van der Waals surface area contributed by atoms with Crippen LogP contribution in [0, 0.1) is 5.82 Å². The first-order valence-electron chi connectivity index (χ1n) is 7.49. The molecule has 0 aliphatic rings. The first-order valence-corrected chi connectivity index (χ1v) is 9.72. The standard InChI is InChI=1S/C17H18ClFN2O3S/c1-25(23,24)21(12-13-5-2-3-8-16(13)19)10-9-17(22)20-15-7-4-6-14(18)11-15/h2-8,11H,9-10,12H2,1H3,(H,20,22). The van der Waals surface area contributed by atoms with Crippen LogP contribution >= 0.6 is 11.6 Å². The SMILES string of the molecule is CS(=O)(=O)N(CCC(=O)Nc1cccc(Cl)c1)Cc1ccccc1F. The van der Waals surface area contributed by atoms with Crippen molar-refractivity contribution < 1.29 is 17.6 Å². The van der Waals surface area contributed by atoms with Gasteiger partial charge in [-0.25, -0.2) is 12.8 Å². The van der Waals surface area contributed by atoms with E-state index in [9.17, 15) is 17.6 Å². The molecule has 0 bridgehead atoms. The summed E-state index contributed by atoms with van der Waals surface area (Å²) in [5.74, 6) is -0.844. The van der Waals surface area contributed by atoms with Gasteiger partial charge < -0.3 is 5.32 Å². The molecule has 0 fully saturated rings. The number of nitrogens with zero attached hydrogens (tertiary/aromatic N) is 1. The van der Waals surface area contributed by atoms with Gasteiger partial charge in [0.25, 0.3) is 0 Å². The monoisotopic (exact) mass is 384 g/mol. The van der Waals surface area contributed by atoms with E-state index in [4.69, 9.17) is 11.6 Å². The van der Waals surface area contributed by atoms with Gasteiger partial charge in [0.15, 0.2) is 0 Å². The number of carbonyl (C=O) groups is 1. The molecular formula is C17H18ClFN2O3S. The molecule has 0 aromatic heterocycles. The lowest BCUT2D eigenvalue weighted by Gasteiger charge is -2.20. The zero-order valence-corrected chi connectivity index (χ0v) is 15.1. The maximum Gasteiger partial charge on any atom is 0.225 e. The number of hydrogen-bond acceptors (Lipinski definition) is 3. The first kappa shape index (κ1) is 19.4. The Morgan fingerprint density at radius 2 is 1.92 bits per heavy atom. The van der Waals surface area contributed by atoms with Crippen molar-refractivity contribution in [2.24, 2.45) is 0 Å². The summed E-state index contributed by atoms with van der Waals surface area (Å²) in [6.45, 7) is -0.185. The van der Waals surface area contributed by atoms with E-state index in [0.717, 1.165) is 10.6 Å². The largest absolute Gasteiger partial charge is 0.326 e. The van der Waals surface area contributed by atoms with Crippen molar-refractivity contribution in [2.75, 3.05) is 18.1 Å². The smallest absolute Gasteiger partial charge is 0.225 e. The van der Waals surface area contributed by atoms with Crippen LogP contribution in [-0.2, 0) is 21.4 Å². The lowest BCUT2D eigenvalue weighted by Crippen LogP contribution is -2.32. The number of halogens is 2. The number of sulfonamides is 1. The summed E-state index contributed by atoms with van der Waals surface area (Å²) >= 11 is 5.85. The van der Waals surface area contributed by atoms with Gasteiger partial charge in [-0.05, 0) is 24.3 Å². The summed E-state index contributed by atoms with van der Waals surface area (Å²) in [4.78, 5) is 12.0. The second kappa shape index (κ2) is 8.42. The minimum absolute atomic E-state index is 0.0560. The Balaban J connectivity index is 2.01. The molecule has 0 heterocycles. The Labute approximate surface area is 151 Å². The number of nitrogens with one attached hydrogen (secondary N) is 1. The third-order valence-corrected chi connectivity index (χ3v) is 4.95. The maximum absolute atomic E-state index is 13.7. The van der Waals surface area contributed by atoms with Crippen LogP contribution in [0.3, 0.4) is 0 Å². The van der Waals surface area contributed by atoms with Crippen molar-refractivity contribution >= 4 is 33.2 Å². The molecule has 0 atom stereocenters. The number of amides is 1. The predicted molar refractivity (Wildman–Crippen MR) is 96.4 cm³/mol. The van der Waals surface area contributed by atoms with Gasteiger partial charge in [0.05, 0.1) is 6.26 Å². The van der Waals surface area contributed by atoms with E-state index in [-0.39, 0.29) is 31.0 Å². The Hall–Kier alpha value is -1.96. The highest BCUT2D eigenvalue weighted by Crippen LogP contribution is 2.16. The normalized spacial score (nSPS) is 11.5. The zero-order chi connectivity index (χ0) is 18.4. The van der Waals surface area contributed by atoms with Gasteiger partial charge in [-0.15, -0.1) is 0 Å². The number of carbonyl (C=O) groups excluding carboxylic acids is 1. The molecule has 1 amide bonds. The Morgan fingerprint density at radius 3 is 2.56 bits per heavy atom. The molecule has 1 N–H and O–H groups in total.